The van der Waals surface area contributed by atoms with Gasteiger partial charge in [-0.05, 0) is 49.2 Å². The first-order valence-corrected chi connectivity index (χ1v) is 13.6. The Morgan fingerprint density at radius 1 is 1.07 bits per heavy atom. The molecule has 4 aromatic rings. The van der Waals surface area contributed by atoms with Crippen LogP contribution in [0.5, 0.6) is 0 Å². The monoisotopic (exact) mass is 593 g/mol. The van der Waals surface area contributed by atoms with Gasteiger partial charge in [-0.15, -0.1) is 0 Å². The lowest BCUT2D eigenvalue weighted by atomic mass is 10.1. The topological polar surface area (TPSA) is 129 Å². The SMILES string of the molecule is CN(C)c1nc(CNC(=O)C2(N(O)S(=O)(=O)c3cc4cc(F)ccc4o3)CC2)cc(-c2ccc(C(F)(F)F)cc2)n1. The summed E-state index contributed by atoms with van der Waals surface area (Å²) in [7, 11) is -1.36. The highest BCUT2D eigenvalue weighted by Gasteiger charge is 2.60. The number of hydroxylamine groups is 1. The van der Waals surface area contributed by atoms with Crippen molar-refractivity contribution in [3.8, 4) is 11.3 Å². The van der Waals surface area contributed by atoms with Crippen molar-refractivity contribution in [2.24, 2.45) is 0 Å². The summed E-state index contributed by atoms with van der Waals surface area (Å²) < 4.78 is 83.8. The number of carbonyl (C=O) groups is 1. The molecule has 1 aliphatic rings. The van der Waals surface area contributed by atoms with Gasteiger partial charge in [0.25, 0.3) is 10.0 Å². The Labute approximate surface area is 231 Å². The van der Waals surface area contributed by atoms with Crippen molar-refractivity contribution in [2.45, 2.75) is 36.2 Å². The third kappa shape index (κ3) is 5.47. The number of aromatic nitrogens is 2. The van der Waals surface area contributed by atoms with Crippen LogP contribution < -0.4 is 10.2 Å². The number of anilines is 1. The third-order valence-electron chi connectivity index (χ3n) is 6.56. The van der Waals surface area contributed by atoms with Crippen LogP contribution in [-0.2, 0) is 27.5 Å². The molecule has 0 spiro atoms. The summed E-state index contributed by atoms with van der Waals surface area (Å²) in [4.78, 5) is 23.4. The summed E-state index contributed by atoms with van der Waals surface area (Å²) in [6.07, 6.45) is -4.45. The normalized spacial score (nSPS) is 14.8. The van der Waals surface area contributed by atoms with Crippen molar-refractivity contribution in [1.82, 2.24) is 19.8 Å². The molecule has 0 atom stereocenters. The standard InChI is InChI=1S/C26H23F4N5O5S/c1-34(2)24-32-19(13-20(33-24)15-3-5-17(6-4-15)26(28,29)30)14-31-23(36)25(9-10-25)35(37)41(38,39)22-12-16-11-18(27)7-8-21(16)40-22/h3-8,11-13,37H,9-10,14H2,1-2H3,(H,31,36). The van der Waals surface area contributed by atoms with Crippen LogP contribution in [0.3, 0.4) is 0 Å². The molecule has 0 radical (unpaired) electrons. The molecule has 1 saturated carbocycles. The van der Waals surface area contributed by atoms with Gasteiger partial charge in [0.1, 0.15) is 16.9 Å². The van der Waals surface area contributed by atoms with E-state index in [1.54, 1.807) is 19.0 Å². The van der Waals surface area contributed by atoms with E-state index in [1.165, 1.54) is 24.3 Å². The number of hydrogen-bond acceptors (Lipinski definition) is 8. The predicted molar refractivity (Wildman–Crippen MR) is 138 cm³/mol. The summed E-state index contributed by atoms with van der Waals surface area (Å²) in [6, 6.07) is 10.3. The average molecular weight is 594 g/mol. The summed E-state index contributed by atoms with van der Waals surface area (Å²) in [5.41, 5.74) is -1.56. The van der Waals surface area contributed by atoms with Crippen molar-refractivity contribution in [3.05, 3.63) is 71.7 Å². The summed E-state index contributed by atoms with van der Waals surface area (Å²) in [5.74, 6) is -1.18. The van der Waals surface area contributed by atoms with Crippen LogP contribution >= 0.6 is 0 Å². The molecular formula is C26H23F4N5O5S. The molecule has 1 amide bonds. The second-order valence-electron chi connectivity index (χ2n) is 9.72. The second-order valence-corrected chi connectivity index (χ2v) is 11.4. The van der Waals surface area contributed by atoms with Crippen LogP contribution in [0.2, 0.25) is 0 Å². The van der Waals surface area contributed by atoms with Crippen LogP contribution in [0.4, 0.5) is 23.5 Å². The molecule has 10 nitrogen and oxygen atoms in total. The van der Waals surface area contributed by atoms with Gasteiger partial charge in [-0.3, -0.25) is 10.0 Å². The van der Waals surface area contributed by atoms with Gasteiger partial charge in [-0.25, -0.2) is 22.8 Å². The lowest BCUT2D eigenvalue weighted by Gasteiger charge is -2.23. The molecule has 15 heteroatoms. The van der Waals surface area contributed by atoms with Crippen molar-refractivity contribution in [1.29, 1.82) is 0 Å². The van der Waals surface area contributed by atoms with E-state index < -0.39 is 44.1 Å². The molecule has 216 valence electrons. The van der Waals surface area contributed by atoms with Gasteiger partial charge in [0.2, 0.25) is 16.9 Å². The van der Waals surface area contributed by atoms with Gasteiger partial charge in [0, 0.05) is 31.1 Å². The molecule has 1 aliphatic carbocycles. The van der Waals surface area contributed by atoms with E-state index in [0.29, 0.717) is 11.3 Å². The first kappa shape index (κ1) is 28.4. The van der Waals surface area contributed by atoms with E-state index in [4.69, 9.17) is 4.42 Å². The molecule has 41 heavy (non-hydrogen) atoms. The van der Waals surface area contributed by atoms with Crippen molar-refractivity contribution < 1.29 is 40.4 Å². The lowest BCUT2D eigenvalue weighted by molar-refractivity contribution is -0.138. The molecule has 0 saturated heterocycles. The van der Waals surface area contributed by atoms with E-state index in [2.05, 4.69) is 15.3 Å². The number of fused-ring (bicyclic) bond motifs is 1. The van der Waals surface area contributed by atoms with Crippen LogP contribution in [-0.4, -0.2) is 53.6 Å². The fraction of sp³-hybridized carbons (Fsp3) is 0.269. The van der Waals surface area contributed by atoms with Crippen LogP contribution in [0.15, 0.2) is 64.1 Å². The van der Waals surface area contributed by atoms with E-state index >= 15 is 0 Å². The number of amides is 1. The highest BCUT2D eigenvalue weighted by atomic mass is 32.2. The van der Waals surface area contributed by atoms with Gasteiger partial charge >= 0.3 is 6.18 Å². The van der Waals surface area contributed by atoms with Crippen LogP contribution in [0.25, 0.3) is 22.2 Å². The maximum Gasteiger partial charge on any atom is 0.416 e. The van der Waals surface area contributed by atoms with E-state index in [1.807, 2.05) is 0 Å². The summed E-state index contributed by atoms with van der Waals surface area (Å²) in [6.45, 7) is -0.199. The molecule has 5 rings (SSSR count). The molecule has 0 unspecified atom stereocenters. The quantitative estimate of drug-likeness (QED) is 0.228. The van der Waals surface area contributed by atoms with Crippen molar-refractivity contribution >= 4 is 32.8 Å². The Morgan fingerprint density at radius 2 is 1.76 bits per heavy atom. The van der Waals surface area contributed by atoms with Gasteiger partial charge in [-0.2, -0.15) is 13.2 Å². The first-order valence-electron chi connectivity index (χ1n) is 12.2. The minimum Gasteiger partial charge on any atom is -0.443 e. The number of sulfonamides is 1. The molecule has 0 bridgehead atoms. The lowest BCUT2D eigenvalue weighted by Crippen LogP contribution is -2.50. The number of hydrogen-bond donors (Lipinski definition) is 2. The fourth-order valence-electron chi connectivity index (χ4n) is 4.14. The second kappa shape index (κ2) is 10.1. The minimum atomic E-state index is -4.69. The Hall–Kier alpha value is -4.08. The zero-order valence-electron chi connectivity index (χ0n) is 21.6. The Bertz CT molecular complexity index is 1740. The third-order valence-corrected chi connectivity index (χ3v) is 8.07. The Balaban J connectivity index is 1.35. The number of halogens is 4. The Morgan fingerprint density at radius 3 is 2.37 bits per heavy atom. The molecule has 2 heterocycles. The molecule has 0 aliphatic heterocycles. The fourth-order valence-corrected chi connectivity index (χ4v) is 5.51. The van der Waals surface area contributed by atoms with Gasteiger partial charge in [-0.1, -0.05) is 16.6 Å². The molecular weight excluding hydrogens is 570 g/mol. The number of carbonyl (C=O) groups excluding carboxylic acids is 1. The minimum absolute atomic E-state index is 0.0208. The summed E-state index contributed by atoms with van der Waals surface area (Å²) in [5, 5.41) is 12.8. The number of rotatable bonds is 8. The van der Waals surface area contributed by atoms with Crippen LogP contribution in [0, 0.1) is 5.82 Å². The highest BCUT2D eigenvalue weighted by Crippen LogP contribution is 2.44. The maximum absolute atomic E-state index is 13.5. The van der Waals surface area contributed by atoms with Crippen LogP contribution in [0.1, 0.15) is 24.1 Å². The number of benzene rings is 2. The van der Waals surface area contributed by atoms with Gasteiger partial charge in [0.05, 0.1) is 23.5 Å². The molecule has 2 N–H and O–H groups in total. The number of nitrogens with one attached hydrogen (secondary N) is 1. The molecule has 1 fully saturated rings. The largest absolute Gasteiger partial charge is 0.443 e. The number of furan rings is 1. The summed E-state index contributed by atoms with van der Waals surface area (Å²) >= 11 is 0. The Kier molecular flexibility index (Phi) is 6.99. The molecule has 2 aromatic carbocycles. The average Bonchev–Trinajstić information content (AvgIpc) is 3.63. The predicted octanol–water partition coefficient (Wildman–Crippen LogP) is 4.34. The van der Waals surface area contributed by atoms with E-state index in [9.17, 15) is 36.0 Å². The van der Waals surface area contributed by atoms with Gasteiger partial charge < -0.3 is 14.6 Å². The van der Waals surface area contributed by atoms with Crippen molar-refractivity contribution in [2.75, 3.05) is 19.0 Å². The molecule has 2 aromatic heterocycles. The van der Waals surface area contributed by atoms with E-state index in [-0.39, 0.29) is 46.5 Å². The zero-order chi connectivity index (χ0) is 29.7. The number of nitrogens with zero attached hydrogens (tertiary/aromatic N) is 4. The van der Waals surface area contributed by atoms with Crippen molar-refractivity contribution in [3.63, 3.8) is 0 Å². The van der Waals surface area contributed by atoms with Gasteiger partial charge in [0.15, 0.2) is 0 Å². The highest BCUT2D eigenvalue weighted by molar-refractivity contribution is 7.88. The number of alkyl halides is 3. The maximum atomic E-state index is 13.5. The zero-order valence-corrected chi connectivity index (χ0v) is 22.4. The van der Waals surface area contributed by atoms with E-state index in [0.717, 1.165) is 30.3 Å². The smallest absolute Gasteiger partial charge is 0.416 e. The first-order chi connectivity index (χ1) is 19.2.